The molecule has 7 nitrogen and oxygen atoms in total. The number of carbonyl (C=O) groups excluding carboxylic acids is 2. The Morgan fingerprint density at radius 3 is 2.22 bits per heavy atom. The van der Waals surface area contributed by atoms with Crippen LogP contribution in [0.1, 0.15) is 43.9 Å². The first-order chi connectivity index (χ1) is 19.3. The van der Waals surface area contributed by atoms with E-state index < -0.39 is 28.5 Å². The summed E-state index contributed by atoms with van der Waals surface area (Å²) in [5.74, 6) is -0.645. The van der Waals surface area contributed by atoms with E-state index in [4.69, 9.17) is 23.2 Å². The molecule has 0 saturated heterocycles. The molecule has 3 rings (SSSR count). The maximum absolute atomic E-state index is 14.2. The Bertz CT molecular complexity index is 1480. The van der Waals surface area contributed by atoms with E-state index >= 15 is 0 Å². The van der Waals surface area contributed by atoms with Crippen LogP contribution >= 0.6 is 23.2 Å². The van der Waals surface area contributed by atoms with Crippen molar-refractivity contribution in [3.63, 3.8) is 0 Å². The van der Waals surface area contributed by atoms with Gasteiger partial charge in [0.25, 0.3) is 10.0 Å². The summed E-state index contributed by atoms with van der Waals surface area (Å²) in [5, 5.41) is 3.70. The second-order valence-corrected chi connectivity index (χ2v) is 13.1. The molecule has 1 N–H and O–H groups in total. The zero-order valence-electron chi connectivity index (χ0n) is 24.0. The lowest BCUT2D eigenvalue weighted by Gasteiger charge is -2.34. The third kappa shape index (κ3) is 8.24. The number of rotatable bonds is 12. The molecule has 0 aliphatic carbocycles. The number of halogens is 2. The molecule has 2 amide bonds. The summed E-state index contributed by atoms with van der Waals surface area (Å²) in [5.41, 5.74) is 2.63. The van der Waals surface area contributed by atoms with E-state index in [0.717, 1.165) is 9.87 Å². The molecule has 0 aliphatic heterocycles. The van der Waals surface area contributed by atoms with E-state index in [2.05, 4.69) is 5.32 Å². The zero-order chi connectivity index (χ0) is 30.3. The van der Waals surface area contributed by atoms with Crippen molar-refractivity contribution in [2.75, 3.05) is 17.4 Å². The fourth-order valence-electron chi connectivity index (χ4n) is 4.49. The van der Waals surface area contributed by atoms with Crippen LogP contribution in [0.25, 0.3) is 0 Å². The van der Waals surface area contributed by atoms with Gasteiger partial charge in [0.1, 0.15) is 12.6 Å². The molecule has 3 aromatic carbocycles. The quantitative estimate of drug-likeness (QED) is 0.255. The van der Waals surface area contributed by atoms with Gasteiger partial charge in [-0.3, -0.25) is 13.9 Å². The molecule has 0 saturated carbocycles. The fourth-order valence-corrected chi connectivity index (χ4v) is 6.46. The first kappa shape index (κ1) is 32.4. The molecule has 1 atom stereocenters. The summed E-state index contributed by atoms with van der Waals surface area (Å²) in [7, 11) is -4.14. The molecular formula is C31H37Cl2N3O4S. The highest BCUT2D eigenvalue weighted by atomic mass is 35.5. The van der Waals surface area contributed by atoms with E-state index in [-0.39, 0.29) is 23.3 Å². The largest absolute Gasteiger partial charge is 0.354 e. The zero-order valence-corrected chi connectivity index (χ0v) is 26.4. The molecule has 0 aliphatic rings. The topological polar surface area (TPSA) is 86.8 Å². The lowest BCUT2D eigenvalue weighted by molar-refractivity contribution is -0.140. The number of sulfonamides is 1. The van der Waals surface area contributed by atoms with Crippen molar-refractivity contribution in [1.82, 2.24) is 10.2 Å². The molecule has 0 radical (unpaired) electrons. The molecule has 0 bridgehead atoms. The van der Waals surface area contributed by atoms with Crippen LogP contribution in [0.2, 0.25) is 10.0 Å². The molecule has 0 heterocycles. The van der Waals surface area contributed by atoms with Crippen LogP contribution in [-0.4, -0.2) is 44.3 Å². The molecule has 0 fully saturated rings. The van der Waals surface area contributed by atoms with E-state index in [9.17, 15) is 18.0 Å². The Labute approximate surface area is 253 Å². The van der Waals surface area contributed by atoms with Crippen LogP contribution in [0.15, 0.2) is 71.6 Å². The van der Waals surface area contributed by atoms with Gasteiger partial charge >= 0.3 is 0 Å². The van der Waals surface area contributed by atoms with Gasteiger partial charge in [0.2, 0.25) is 11.8 Å². The SMILES string of the molecule is CC[C@@H](C(=O)NCC(C)C)N(Cc1ccc(Cl)cc1Cl)C(=O)CN(c1ccc(C)cc1C)S(=O)(=O)c1ccccc1. The van der Waals surface area contributed by atoms with Gasteiger partial charge in [-0.1, -0.05) is 85.9 Å². The Kier molecular flexibility index (Phi) is 11.2. The number of carbonyl (C=O) groups is 2. The molecular weight excluding hydrogens is 581 g/mol. The Hall–Kier alpha value is -3.07. The van der Waals surface area contributed by atoms with Gasteiger partial charge in [0, 0.05) is 23.1 Å². The molecule has 10 heteroatoms. The van der Waals surface area contributed by atoms with Crippen molar-refractivity contribution in [1.29, 1.82) is 0 Å². The lowest BCUT2D eigenvalue weighted by Crippen LogP contribution is -2.52. The maximum atomic E-state index is 14.2. The van der Waals surface area contributed by atoms with E-state index in [1.165, 1.54) is 17.0 Å². The number of aryl methyl sites for hydroxylation is 2. The monoisotopic (exact) mass is 617 g/mol. The van der Waals surface area contributed by atoms with Crippen molar-refractivity contribution < 1.29 is 18.0 Å². The number of nitrogens with one attached hydrogen (secondary N) is 1. The average Bonchev–Trinajstić information content (AvgIpc) is 2.92. The highest BCUT2D eigenvalue weighted by molar-refractivity contribution is 7.92. The van der Waals surface area contributed by atoms with E-state index in [0.29, 0.717) is 39.8 Å². The molecule has 0 unspecified atom stereocenters. The van der Waals surface area contributed by atoms with Crippen molar-refractivity contribution in [2.24, 2.45) is 5.92 Å². The second-order valence-electron chi connectivity index (χ2n) is 10.4. The number of anilines is 1. The summed E-state index contributed by atoms with van der Waals surface area (Å²) < 4.78 is 29.1. The van der Waals surface area contributed by atoms with Gasteiger partial charge in [-0.2, -0.15) is 0 Å². The summed E-state index contributed by atoms with van der Waals surface area (Å²) in [4.78, 5) is 29.0. The van der Waals surface area contributed by atoms with Crippen LogP contribution in [-0.2, 0) is 26.2 Å². The van der Waals surface area contributed by atoms with E-state index in [1.54, 1.807) is 55.5 Å². The third-order valence-corrected chi connectivity index (χ3v) is 9.02. The Morgan fingerprint density at radius 2 is 1.63 bits per heavy atom. The maximum Gasteiger partial charge on any atom is 0.264 e. The molecule has 41 heavy (non-hydrogen) atoms. The number of amides is 2. The van der Waals surface area contributed by atoms with Gasteiger partial charge < -0.3 is 10.2 Å². The van der Waals surface area contributed by atoms with Crippen LogP contribution in [0.5, 0.6) is 0 Å². The smallest absolute Gasteiger partial charge is 0.264 e. The standard InChI is InChI=1S/C31H37Cl2N3O4S/c1-6-28(31(38)34-18-21(2)3)35(19-24-13-14-25(32)17-27(24)33)30(37)20-36(29-15-12-22(4)16-23(29)5)41(39,40)26-10-8-7-9-11-26/h7-17,21,28H,6,18-20H2,1-5H3,(H,34,38)/t28-/m0/s1. The first-order valence-corrected chi connectivity index (χ1v) is 15.7. The number of nitrogens with zero attached hydrogens (tertiary/aromatic N) is 2. The summed E-state index contributed by atoms with van der Waals surface area (Å²) in [6.45, 7) is 9.41. The van der Waals surface area contributed by atoms with Gasteiger partial charge in [-0.15, -0.1) is 0 Å². The van der Waals surface area contributed by atoms with Crippen molar-refractivity contribution >= 4 is 50.7 Å². The summed E-state index contributed by atoms with van der Waals surface area (Å²) >= 11 is 12.6. The van der Waals surface area contributed by atoms with Gasteiger partial charge in [-0.25, -0.2) is 8.42 Å². The predicted octanol–water partition coefficient (Wildman–Crippen LogP) is 6.39. The fraction of sp³-hybridized carbons (Fsp3) is 0.355. The molecule has 0 aromatic heterocycles. The summed E-state index contributed by atoms with van der Waals surface area (Å²) in [6.07, 6.45) is 0.315. The van der Waals surface area contributed by atoms with Gasteiger partial charge in [0.15, 0.2) is 0 Å². The highest BCUT2D eigenvalue weighted by Gasteiger charge is 2.34. The van der Waals surface area contributed by atoms with Crippen LogP contribution in [0, 0.1) is 19.8 Å². The normalized spacial score (nSPS) is 12.2. The van der Waals surface area contributed by atoms with Crippen LogP contribution < -0.4 is 9.62 Å². The molecule has 220 valence electrons. The van der Waals surface area contributed by atoms with Crippen molar-refractivity contribution in [3.8, 4) is 0 Å². The number of benzene rings is 3. The van der Waals surface area contributed by atoms with E-state index in [1.807, 2.05) is 33.8 Å². The minimum Gasteiger partial charge on any atom is -0.354 e. The van der Waals surface area contributed by atoms with Crippen molar-refractivity contribution in [3.05, 3.63) is 93.5 Å². The van der Waals surface area contributed by atoms with Crippen LogP contribution in [0.4, 0.5) is 5.69 Å². The van der Waals surface area contributed by atoms with Crippen molar-refractivity contribution in [2.45, 2.75) is 58.5 Å². The predicted molar refractivity (Wildman–Crippen MR) is 166 cm³/mol. The number of hydrogen-bond donors (Lipinski definition) is 1. The Morgan fingerprint density at radius 1 is 0.951 bits per heavy atom. The molecule has 0 spiro atoms. The second kappa shape index (κ2) is 14.2. The lowest BCUT2D eigenvalue weighted by atomic mass is 10.1. The number of hydrogen-bond acceptors (Lipinski definition) is 4. The first-order valence-electron chi connectivity index (χ1n) is 13.5. The van der Waals surface area contributed by atoms with Gasteiger partial charge in [0.05, 0.1) is 10.6 Å². The third-order valence-electron chi connectivity index (χ3n) is 6.66. The minimum atomic E-state index is -4.14. The molecule has 3 aromatic rings. The van der Waals surface area contributed by atoms with Gasteiger partial charge in [-0.05, 0) is 67.6 Å². The van der Waals surface area contributed by atoms with Crippen LogP contribution in [0.3, 0.4) is 0 Å². The summed E-state index contributed by atoms with van der Waals surface area (Å²) in [6, 6.07) is 17.4. The Balaban J connectivity index is 2.09. The highest BCUT2D eigenvalue weighted by Crippen LogP contribution is 2.29. The average molecular weight is 619 g/mol. The minimum absolute atomic E-state index is 0.00541.